The molecule has 0 radical (unpaired) electrons. The van der Waals surface area contributed by atoms with Crippen molar-refractivity contribution in [3.8, 4) is 0 Å². The first kappa shape index (κ1) is 10.4. The highest BCUT2D eigenvalue weighted by Gasteiger charge is 2.04. The van der Waals surface area contributed by atoms with E-state index in [-0.39, 0.29) is 0 Å². The number of halogens is 1. The molecule has 0 fully saturated rings. The molecule has 0 aliphatic carbocycles. The Kier molecular flexibility index (Phi) is 3.85. The molecule has 1 rings (SSSR count). The fourth-order valence-electron chi connectivity index (χ4n) is 0.979. The van der Waals surface area contributed by atoms with E-state index in [0.717, 1.165) is 6.08 Å². The summed E-state index contributed by atoms with van der Waals surface area (Å²) in [6.07, 6.45) is 0.981. The number of benzene rings is 1. The molecule has 2 nitrogen and oxygen atoms in total. The van der Waals surface area contributed by atoms with Crippen LogP contribution in [0.5, 0.6) is 0 Å². The van der Waals surface area contributed by atoms with Crippen LogP contribution >= 0.6 is 0 Å². The van der Waals surface area contributed by atoms with Crippen LogP contribution in [-0.4, -0.2) is 13.1 Å². The summed E-state index contributed by atoms with van der Waals surface area (Å²) in [5.74, 6) is -0.552. The molecule has 0 spiro atoms. The Morgan fingerprint density at radius 1 is 1.43 bits per heavy atom. The number of ether oxygens (including phenoxy) is 1. The molecule has 0 aliphatic rings. The third-order valence-corrected chi connectivity index (χ3v) is 1.72. The van der Waals surface area contributed by atoms with Gasteiger partial charge in [-0.15, -0.1) is 0 Å². The average molecular weight is 193 g/mol. The number of hydrogen-bond donors (Lipinski definition) is 0. The topological polar surface area (TPSA) is 26.3 Å². The molecule has 0 heterocycles. The average Bonchev–Trinajstić information content (AvgIpc) is 2.26. The molecular formula is C11H11FO2. The highest BCUT2D eigenvalue weighted by molar-refractivity contribution is 5.81. The third kappa shape index (κ3) is 3.01. The van der Waals surface area contributed by atoms with Crippen LogP contribution in [0.15, 0.2) is 42.5 Å². The molecule has 3 heteroatoms. The number of alkyl halides is 1. The van der Waals surface area contributed by atoms with E-state index in [1.165, 1.54) is 13.2 Å². The molecule has 1 aromatic carbocycles. The summed E-state index contributed by atoms with van der Waals surface area (Å²) in [5.41, 5.74) is 0.521. The van der Waals surface area contributed by atoms with E-state index in [1.54, 1.807) is 30.3 Å². The van der Waals surface area contributed by atoms with Gasteiger partial charge in [-0.2, -0.15) is 0 Å². The first-order valence-corrected chi connectivity index (χ1v) is 4.19. The first-order valence-electron chi connectivity index (χ1n) is 4.19. The lowest BCUT2D eigenvalue weighted by atomic mass is 10.1. The SMILES string of the molecule is COC(=O)/C=C/C([18F])c1ccccc1. The fourth-order valence-corrected chi connectivity index (χ4v) is 0.979. The van der Waals surface area contributed by atoms with Crippen molar-refractivity contribution in [1.82, 2.24) is 0 Å². The van der Waals surface area contributed by atoms with E-state index in [9.17, 15) is 9.18 Å². The van der Waals surface area contributed by atoms with Gasteiger partial charge in [-0.3, -0.25) is 0 Å². The fraction of sp³-hybridized carbons (Fsp3) is 0.182. The van der Waals surface area contributed by atoms with Crippen molar-refractivity contribution in [2.75, 3.05) is 7.11 Å². The van der Waals surface area contributed by atoms with Crippen LogP contribution < -0.4 is 0 Å². The zero-order valence-corrected chi connectivity index (χ0v) is 7.81. The van der Waals surface area contributed by atoms with Gasteiger partial charge in [-0.05, 0) is 11.6 Å². The predicted molar refractivity (Wildman–Crippen MR) is 51.4 cm³/mol. The lowest BCUT2D eigenvalue weighted by Crippen LogP contribution is -1.95. The van der Waals surface area contributed by atoms with Gasteiger partial charge in [0.1, 0.15) is 6.17 Å². The van der Waals surface area contributed by atoms with Gasteiger partial charge in [-0.25, -0.2) is 9.18 Å². The van der Waals surface area contributed by atoms with Gasteiger partial charge in [0, 0.05) is 6.08 Å². The minimum absolute atomic E-state index is 0.521. The summed E-state index contributed by atoms with van der Waals surface area (Å²) in [5, 5.41) is 0. The van der Waals surface area contributed by atoms with Gasteiger partial charge in [0.05, 0.1) is 7.11 Å². The molecule has 1 unspecified atom stereocenters. The molecule has 74 valence electrons. The second kappa shape index (κ2) is 5.17. The number of carbonyl (C=O) groups is 1. The second-order valence-corrected chi connectivity index (χ2v) is 2.69. The summed E-state index contributed by atoms with van der Waals surface area (Å²) in [6, 6.07) is 8.61. The smallest absolute Gasteiger partial charge is 0.330 e. The van der Waals surface area contributed by atoms with Crippen molar-refractivity contribution in [3.63, 3.8) is 0 Å². The molecule has 14 heavy (non-hydrogen) atoms. The molecule has 0 saturated carbocycles. The highest BCUT2D eigenvalue weighted by Crippen LogP contribution is 2.17. The third-order valence-electron chi connectivity index (χ3n) is 1.72. The zero-order chi connectivity index (χ0) is 10.4. The van der Waals surface area contributed by atoms with E-state index < -0.39 is 12.1 Å². The Hall–Kier alpha value is -1.64. The van der Waals surface area contributed by atoms with E-state index in [4.69, 9.17) is 0 Å². The quantitative estimate of drug-likeness (QED) is 0.544. The number of hydrogen-bond acceptors (Lipinski definition) is 2. The van der Waals surface area contributed by atoms with Gasteiger partial charge >= 0.3 is 5.97 Å². The van der Waals surface area contributed by atoms with Crippen molar-refractivity contribution in [2.45, 2.75) is 6.17 Å². The van der Waals surface area contributed by atoms with Crippen molar-refractivity contribution in [2.24, 2.45) is 0 Å². The van der Waals surface area contributed by atoms with Gasteiger partial charge in [-0.1, -0.05) is 30.3 Å². The van der Waals surface area contributed by atoms with Crippen LogP contribution in [0.3, 0.4) is 0 Å². The predicted octanol–water partition coefficient (Wildman–Crippen LogP) is 2.43. The number of allylic oxidation sites excluding steroid dienone is 1. The van der Waals surface area contributed by atoms with Gasteiger partial charge in [0.2, 0.25) is 0 Å². The number of methoxy groups -OCH3 is 1. The Balaban J connectivity index is 2.63. The van der Waals surface area contributed by atoms with Gasteiger partial charge in [0.15, 0.2) is 0 Å². The standard InChI is InChI=1S/C11H11FO2/c1-14-11(13)8-7-10(12)9-5-3-2-4-6-9/h2-8,10H,1H3/b8-7+/i12-1. The van der Waals surface area contributed by atoms with Crippen LogP contribution in [0, 0.1) is 0 Å². The minimum Gasteiger partial charge on any atom is -0.466 e. The maximum absolute atomic E-state index is 13.3. The summed E-state index contributed by atoms with van der Waals surface area (Å²) < 4.78 is 17.7. The Bertz CT molecular complexity index is 319. The molecule has 0 aromatic heterocycles. The molecule has 0 aliphatic heterocycles. The van der Waals surface area contributed by atoms with Crippen molar-refractivity contribution in [3.05, 3.63) is 48.0 Å². The number of carbonyl (C=O) groups excluding carboxylic acids is 1. The summed E-state index contributed by atoms with van der Waals surface area (Å²) >= 11 is 0. The van der Waals surface area contributed by atoms with Crippen molar-refractivity contribution >= 4 is 5.97 Å². The lowest BCUT2D eigenvalue weighted by molar-refractivity contribution is -0.134. The van der Waals surface area contributed by atoms with Crippen LogP contribution in [0.25, 0.3) is 0 Å². The number of rotatable bonds is 3. The van der Waals surface area contributed by atoms with Crippen LogP contribution in [-0.2, 0) is 9.53 Å². The Labute approximate surface area is 82.0 Å². The minimum atomic E-state index is -1.27. The lowest BCUT2D eigenvalue weighted by Gasteiger charge is -2.01. The van der Waals surface area contributed by atoms with Gasteiger partial charge < -0.3 is 4.74 Å². The Morgan fingerprint density at radius 3 is 2.64 bits per heavy atom. The molecule has 0 saturated heterocycles. The van der Waals surface area contributed by atoms with Crippen LogP contribution in [0.2, 0.25) is 0 Å². The normalized spacial score (nSPS) is 12.7. The zero-order valence-electron chi connectivity index (χ0n) is 7.81. The summed E-state index contributed by atoms with van der Waals surface area (Å²) in [7, 11) is 1.25. The van der Waals surface area contributed by atoms with E-state index >= 15 is 0 Å². The van der Waals surface area contributed by atoms with Crippen LogP contribution in [0.1, 0.15) is 11.7 Å². The Morgan fingerprint density at radius 2 is 2.07 bits per heavy atom. The van der Waals surface area contributed by atoms with Crippen molar-refractivity contribution in [1.29, 1.82) is 0 Å². The second-order valence-electron chi connectivity index (χ2n) is 2.69. The molecule has 1 aromatic rings. The van der Waals surface area contributed by atoms with Crippen molar-refractivity contribution < 1.29 is 13.9 Å². The summed E-state index contributed by atoms with van der Waals surface area (Å²) in [4.78, 5) is 10.7. The molecule has 0 amide bonds. The van der Waals surface area contributed by atoms with E-state index in [1.807, 2.05) is 0 Å². The maximum Gasteiger partial charge on any atom is 0.330 e. The van der Waals surface area contributed by atoms with E-state index in [0.29, 0.717) is 5.56 Å². The van der Waals surface area contributed by atoms with E-state index in [2.05, 4.69) is 4.74 Å². The highest BCUT2D eigenvalue weighted by atomic mass is 18.2. The molecular weight excluding hydrogens is 182 g/mol. The molecule has 0 bridgehead atoms. The summed E-state index contributed by atoms with van der Waals surface area (Å²) in [6.45, 7) is 0. The van der Waals surface area contributed by atoms with Crippen LogP contribution in [0.4, 0.5) is 4.39 Å². The molecule has 0 N–H and O–H groups in total. The molecule has 1 atom stereocenters. The monoisotopic (exact) mass is 193 g/mol. The first-order chi connectivity index (χ1) is 6.74. The largest absolute Gasteiger partial charge is 0.466 e. The maximum atomic E-state index is 13.3. The van der Waals surface area contributed by atoms with Gasteiger partial charge in [0.25, 0.3) is 0 Å². The number of esters is 1.